The van der Waals surface area contributed by atoms with E-state index in [4.69, 9.17) is 14.9 Å². The monoisotopic (exact) mass is 512 g/mol. The van der Waals surface area contributed by atoms with Crippen LogP contribution in [0.1, 0.15) is 82.9 Å². The second-order valence-corrected chi connectivity index (χ2v) is 10.9. The summed E-state index contributed by atoms with van der Waals surface area (Å²) in [6.07, 6.45) is 10.3. The first-order valence-electron chi connectivity index (χ1n) is 13.0. The molecule has 1 aromatic rings. The van der Waals surface area contributed by atoms with Crippen LogP contribution in [0.5, 0.6) is 0 Å². The third-order valence-electron chi connectivity index (χ3n) is 7.50. The average Bonchev–Trinajstić information content (AvgIpc) is 3.11. The van der Waals surface area contributed by atoms with E-state index in [9.17, 15) is 9.59 Å². The molecule has 0 radical (unpaired) electrons. The van der Waals surface area contributed by atoms with E-state index in [-0.39, 0.29) is 35.0 Å². The number of carbonyl (C=O) groups is 1. The molecule has 2 aliphatic carbocycles. The summed E-state index contributed by atoms with van der Waals surface area (Å²) < 4.78 is 13.2. The van der Waals surface area contributed by atoms with Crippen LogP contribution < -0.4 is 5.43 Å². The van der Waals surface area contributed by atoms with Gasteiger partial charge in [-0.3, -0.25) is 10.2 Å². The van der Waals surface area contributed by atoms with E-state index in [1.54, 1.807) is 25.3 Å². The minimum absolute atomic E-state index is 0.0307. The van der Waals surface area contributed by atoms with E-state index in [1.807, 2.05) is 12.2 Å². The van der Waals surface area contributed by atoms with Gasteiger partial charge in [0.05, 0.1) is 13.2 Å². The quantitative estimate of drug-likeness (QED) is 0.303. The van der Waals surface area contributed by atoms with Crippen LogP contribution in [0.4, 0.5) is 0 Å². The Morgan fingerprint density at radius 1 is 1.33 bits per heavy atom. The third kappa shape index (κ3) is 5.56. The van der Waals surface area contributed by atoms with E-state index in [2.05, 4.69) is 51.8 Å². The molecule has 3 unspecified atom stereocenters. The predicted octanol–water partition coefficient (Wildman–Crippen LogP) is 6.24. The highest BCUT2D eigenvalue weighted by Crippen LogP contribution is 2.50. The molecular formula is C29H40N2O4S. The highest BCUT2D eigenvalue weighted by molar-refractivity contribution is 7.80. The van der Waals surface area contributed by atoms with Gasteiger partial charge < -0.3 is 14.0 Å². The highest BCUT2D eigenvalue weighted by Gasteiger charge is 2.42. The molecule has 196 valence electrons. The molecule has 0 spiro atoms. The number of carbonyl (C=O) groups excluding carboxylic acids is 1. The normalized spacial score (nSPS) is 23.3. The maximum Gasteiger partial charge on any atom is 0.343 e. The molecule has 1 heterocycles. The number of pyridine rings is 1. The summed E-state index contributed by atoms with van der Waals surface area (Å²) in [5, 5.41) is 8.96. The molecule has 3 atom stereocenters. The standard InChI is InChI=1S/C29H40N2O4S/c1-7-18(3)25(20-10-9-11-24(26(20)30)35-14-15-36)22-16-23(32)21(28(33)34-8-2)17-31(22)27-19(4)12-13-29(27,5)6/h9-11,16-19,27,30,36H,7-8,12-15H2,1-6H3/b25-20+,30-26?. The number of nitrogens with one attached hydrogen (secondary N) is 1. The van der Waals surface area contributed by atoms with E-state index >= 15 is 0 Å². The average molecular weight is 513 g/mol. The molecule has 2 aliphatic rings. The lowest BCUT2D eigenvalue weighted by molar-refractivity contribution is 0.0522. The molecule has 0 amide bonds. The largest absolute Gasteiger partial charge is 0.490 e. The van der Waals surface area contributed by atoms with Gasteiger partial charge in [0, 0.05) is 35.3 Å². The summed E-state index contributed by atoms with van der Waals surface area (Å²) in [5.74, 6) is 0.867. The highest BCUT2D eigenvalue weighted by atomic mass is 32.1. The molecule has 0 saturated heterocycles. The molecule has 1 saturated carbocycles. The zero-order valence-electron chi connectivity index (χ0n) is 22.4. The van der Waals surface area contributed by atoms with E-state index < -0.39 is 5.97 Å². The summed E-state index contributed by atoms with van der Waals surface area (Å²) in [6, 6.07) is 1.66. The van der Waals surface area contributed by atoms with Crippen LogP contribution in [0.15, 0.2) is 46.6 Å². The van der Waals surface area contributed by atoms with Gasteiger partial charge in [0.25, 0.3) is 0 Å². The van der Waals surface area contributed by atoms with Gasteiger partial charge in [0.15, 0.2) is 5.43 Å². The summed E-state index contributed by atoms with van der Waals surface area (Å²) in [4.78, 5) is 26.0. The molecule has 1 N–H and O–H groups in total. The van der Waals surface area contributed by atoms with E-state index in [0.29, 0.717) is 29.7 Å². The number of thiol groups is 1. The molecule has 0 aromatic carbocycles. The van der Waals surface area contributed by atoms with Crippen molar-refractivity contribution in [1.82, 2.24) is 4.57 Å². The van der Waals surface area contributed by atoms with Crippen LogP contribution in [0.2, 0.25) is 0 Å². The molecule has 1 aromatic heterocycles. The van der Waals surface area contributed by atoms with Crippen LogP contribution in [0.25, 0.3) is 5.57 Å². The number of rotatable bonds is 9. The topological polar surface area (TPSA) is 81.4 Å². The van der Waals surface area contributed by atoms with Gasteiger partial charge >= 0.3 is 5.97 Å². The Bertz CT molecular complexity index is 1160. The zero-order valence-corrected chi connectivity index (χ0v) is 23.3. The van der Waals surface area contributed by atoms with Crippen molar-refractivity contribution in [2.75, 3.05) is 19.0 Å². The SMILES string of the molecule is CCOC(=O)c1cn(C2C(C)CCC2(C)C)c(/C(=C2\C=CC=C(OCCS)C2=N)C(C)CC)cc1=O. The summed E-state index contributed by atoms with van der Waals surface area (Å²) in [6.45, 7) is 13.3. The number of allylic oxidation sites excluding steroid dienone is 5. The van der Waals surface area contributed by atoms with Gasteiger partial charge in [-0.15, -0.1) is 0 Å². The van der Waals surface area contributed by atoms with Crippen molar-refractivity contribution < 1.29 is 14.3 Å². The van der Waals surface area contributed by atoms with Crippen LogP contribution in [0, 0.1) is 22.7 Å². The number of hydrogen-bond acceptors (Lipinski definition) is 6. The minimum Gasteiger partial charge on any atom is -0.490 e. The summed E-state index contributed by atoms with van der Waals surface area (Å²) in [5.41, 5.74) is 2.37. The molecule has 36 heavy (non-hydrogen) atoms. The van der Waals surface area contributed by atoms with Crippen molar-refractivity contribution >= 4 is 29.9 Å². The summed E-state index contributed by atoms with van der Waals surface area (Å²) in [7, 11) is 0. The fourth-order valence-corrected chi connectivity index (χ4v) is 5.67. The molecule has 7 heteroatoms. The van der Waals surface area contributed by atoms with Crippen molar-refractivity contribution in [3.05, 3.63) is 63.3 Å². The van der Waals surface area contributed by atoms with E-state index in [1.165, 1.54) is 0 Å². The first-order chi connectivity index (χ1) is 17.1. The Labute approximate surface area is 220 Å². The molecule has 6 nitrogen and oxygen atoms in total. The molecule has 0 bridgehead atoms. The third-order valence-corrected chi connectivity index (χ3v) is 7.69. The van der Waals surface area contributed by atoms with Gasteiger partial charge in [0.1, 0.15) is 17.0 Å². The van der Waals surface area contributed by atoms with Crippen molar-refractivity contribution in [2.45, 2.75) is 66.8 Å². The van der Waals surface area contributed by atoms with Crippen molar-refractivity contribution in [3.8, 4) is 0 Å². The van der Waals surface area contributed by atoms with Gasteiger partial charge in [-0.2, -0.15) is 12.6 Å². The Morgan fingerprint density at radius 2 is 2.06 bits per heavy atom. The first kappa shape index (κ1) is 28.0. The zero-order chi connectivity index (χ0) is 26.6. The number of aromatic nitrogens is 1. The van der Waals surface area contributed by atoms with Gasteiger partial charge in [-0.1, -0.05) is 46.8 Å². The fraction of sp³-hybridized carbons (Fsp3) is 0.552. The van der Waals surface area contributed by atoms with Crippen molar-refractivity contribution in [2.24, 2.45) is 17.3 Å². The lowest BCUT2D eigenvalue weighted by Crippen LogP contribution is -2.31. The molecule has 0 aliphatic heterocycles. The van der Waals surface area contributed by atoms with Crippen molar-refractivity contribution in [1.29, 1.82) is 5.41 Å². The molecule has 1 fully saturated rings. The predicted molar refractivity (Wildman–Crippen MR) is 149 cm³/mol. The minimum atomic E-state index is -0.598. The van der Waals surface area contributed by atoms with Gasteiger partial charge in [-0.25, -0.2) is 4.79 Å². The second-order valence-electron chi connectivity index (χ2n) is 10.5. The first-order valence-corrected chi connectivity index (χ1v) is 13.6. The van der Waals surface area contributed by atoms with Crippen LogP contribution in [-0.4, -0.2) is 35.2 Å². The van der Waals surface area contributed by atoms with E-state index in [0.717, 1.165) is 36.1 Å². The number of ether oxygens (including phenoxy) is 2. The van der Waals surface area contributed by atoms with Crippen LogP contribution in [-0.2, 0) is 9.47 Å². The van der Waals surface area contributed by atoms with Crippen LogP contribution >= 0.6 is 12.6 Å². The lowest BCUT2D eigenvalue weighted by Gasteiger charge is -2.36. The molecular weight excluding hydrogens is 472 g/mol. The van der Waals surface area contributed by atoms with Gasteiger partial charge in [0.2, 0.25) is 0 Å². The Hall–Kier alpha value is -2.54. The smallest absolute Gasteiger partial charge is 0.343 e. The van der Waals surface area contributed by atoms with Crippen LogP contribution in [0.3, 0.4) is 0 Å². The summed E-state index contributed by atoms with van der Waals surface area (Å²) >= 11 is 4.23. The Kier molecular flexibility index (Phi) is 9.09. The number of nitrogens with zero attached hydrogens (tertiary/aromatic N) is 1. The Balaban J connectivity index is 2.32. The maximum atomic E-state index is 13.3. The fourth-order valence-electron chi connectivity index (χ4n) is 5.58. The Morgan fingerprint density at radius 3 is 2.64 bits per heavy atom. The number of hydrogen-bond donors (Lipinski definition) is 2. The lowest BCUT2D eigenvalue weighted by atomic mass is 9.82. The second kappa shape index (κ2) is 11.7. The van der Waals surface area contributed by atoms with Crippen molar-refractivity contribution in [3.63, 3.8) is 0 Å². The molecule has 3 rings (SSSR count). The maximum absolute atomic E-state index is 13.3. The number of esters is 1. The van der Waals surface area contributed by atoms with Gasteiger partial charge in [-0.05, 0) is 55.1 Å².